The number of terminal acetylenes is 2. The standard InChI is InChI=1S/C14H2.2C13H20.2C7H14.H2/c1-3-5-7-9-11-13-14-12-10-8-6-4-2;2*1-9(2)13-6-10-3-11(7-13)5-12(4-10)8-13;2*1-7-5-3-2-4-6-7;/h1-2H;2*10-12H,1,3-8H2,2H3;2*7H,2-6H2,1H3;1H. The lowest BCUT2D eigenvalue weighted by atomic mass is 9.48. The average molecular weight is 721 g/mol. The molecule has 10 aliphatic carbocycles. The summed E-state index contributed by atoms with van der Waals surface area (Å²) in [6, 6.07) is 0. The van der Waals surface area contributed by atoms with E-state index in [1.54, 1.807) is 38.5 Å². The molecule has 54 heavy (non-hydrogen) atoms. The van der Waals surface area contributed by atoms with Gasteiger partial charge in [-0.05, 0) is 220 Å². The molecule has 0 aliphatic heterocycles. The third kappa shape index (κ3) is 13.6. The fraction of sp³-hybridized carbons (Fsp3) is 0.667. The molecule has 0 amide bonds. The molecule has 0 radical (unpaired) electrons. The number of rotatable bonds is 2. The Balaban J connectivity index is 0.000000189. The highest BCUT2D eigenvalue weighted by atomic mass is 14.6. The van der Waals surface area contributed by atoms with E-state index in [1.807, 2.05) is 0 Å². The highest BCUT2D eigenvalue weighted by molar-refractivity contribution is 5.44. The Morgan fingerprint density at radius 1 is 0.426 bits per heavy atom. The number of allylic oxidation sites excluding steroid dienone is 2. The summed E-state index contributed by atoms with van der Waals surface area (Å²) in [6.45, 7) is 17.8. The van der Waals surface area contributed by atoms with E-state index in [2.05, 4.69) is 112 Å². The van der Waals surface area contributed by atoms with Crippen LogP contribution in [0, 0.1) is 142 Å². The second-order valence-electron chi connectivity index (χ2n) is 19.0. The second-order valence-corrected chi connectivity index (χ2v) is 19.0. The minimum absolute atomic E-state index is 0. The molecule has 0 N–H and O–H groups in total. The van der Waals surface area contributed by atoms with Gasteiger partial charge in [-0.3, -0.25) is 0 Å². The third-order valence-corrected chi connectivity index (χ3v) is 14.4. The zero-order valence-electron chi connectivity index (χ0n) is 34.7. The lowest BCUT2D eigenvalue weighted by molar-refractivity contribution is -0.0302. The normalized spacial score (nSPS) is 32.8. The van der Waals surface area contributed by atoms with E-state index in [0.717, 1.165) is 47.3 Å². The van der Waals surface area contributed by atoms with Crippen LogP contribution in [0.4, 0.5) is 0 Å². The van der Waals surface area contributed by atoms with E-state index < -0.39 is 0 Å². The van der Waals surface area contributed by atoms with Crippen molar-refractivity contribution in [3.05, 3.63) is 24.3 Å². The molecular weight excluding hydrogens is 649 g/mol. The Kier molecular flexibility index (Phi) is 17.6. The monoisotopic (exact) mass is 721 g/mol. The van der Waals surface area contributed by atoms with Crippen molar-refractivity contribution in [1.82, 2.24) is 0 Å². The molecule has 0 spiro atoms. The van der Waals surface area contributed by atoms with Gasteiger partial charge in [0, 0.05) is 1.43 Å². The van der Waals surface area contributed by atoms with Gasteiger partial charge in [0.05, 0.1) is 0 Å². The maximum atomic E-state index is 4.86. The van der Waals surface area contributed by atoms with Gasteiger partial charge in [0.15, 0.2) is 0 Å². The first kappa shape index (κ1) is 43.1. The van der Waals surface area contributed by atoms with Crippen LogP contribution >= 0.6 is 0 Å². The first-order valence-corrected chi connectivity index (χ1v) is 21.8. The van der Waals surface area contributed by atoms with Crippen LogP contribution in [0.2, 0.25) is 0 Å². The molecule has 288 valence electrons. The highest BCUT2D eigenvalue weighted by Gasteiger charge is 2.52. The van der Waals surface area contributed by atoms with Gasteiger partial charge in [0.2, 0.25) is 0 Å². The zero-order chi connectivity index (χ0) is 38.8. The predicted octanol–water partition coefficient (Wildman–Crippen LogP) is 13.2. The van der Waals surface area contributed by atoms with Gasteiger partial charge >= 0.3 is 0 Å². The van der Waals surface area contributed by atoms with Crippen LogP contribution in [-0.4, -0.2) is 0 Å². The second kappa shape index (κ2) is 22.1. The van der Waals surface area contributed by atoms with Crippen molar-refractivity contribution in [2.45, 2.75) is 169 Å². The molecule has 0 atom stereocenters. The van der Waals surface area contributed by atoms with Crippen LogP contribution in [-0.2, 0) is 0 Å². The van der Waals surface area contributed by atoms with E-state index >= 15 is 0 Å². The Morgan fingerprint density at radius 3 is 0.815 bits per heavy atom. The van der Waals surface area contributed by atoms with Crippen LogP contribution in [0.1, 0.15) is 170 Å². The highest BCUT2D eigenvalue weighted by Crippen LogP contribution is 2.63. The molecular formula is C54H72. The third-order valence-electron chi connectivity index (χ3n) is 14.4. The number of hydrogen-bond donors (Lipinski definition) is 0. The van der Waals surface area contributed by atoms with Gasteiger partial charge in [-0.1, -0.05) is 102 Å². The van der Waals surface area contributed by atoms with Crippen molar-refractivity contribution in [2.75, 3.05) is 0 Å². The van der Waals surface area contributed by atoms with Gasteiger partial charge in [-0.25, -0.2) is 0 Å². The Hall–Kier alpha value is -3.60. The molecule has 10 fully saturated rings. The van der Waals surface area contributed by atoms with E-state index in [1.165, 1.54) is 114 Å². The lowest BCUT2D eigenvalue weighted by Gasteiger charge is -2.57. The molecule has 0 aromatic carbocycles. The quantitative estimate of drug-likeness (QED) is 0.197. The average Bonchev–Trinajstić information content (AvgIpc) is 3.13. The van der Waals surface area contributed by atoms with Crippen LogP contribution in [0.15, 0.2) is 24.3 Å². The molecule has 10 saturated carbocycles. The van der Waals surface area contributed by atoms with Gasteiger partial charge in [0.1, 0.15) is 0 Å². The summed E-state index contributed by atoms with van der Waals surface area (Å²) in [6.07, 6.45) is 42.8. The molecule has 0 heterocycles. The smallest absolute Gasteiger partial charge is 0 e. The van der Waals surface area contributed by atoms with Crippen molar-refractivity contribution >= 4 is 0 Å². The summed E-state index contributed by atoms with van der Waals surface area (Å²) in [5.74, 6) is 36.8. The van der Waals surface area contributed by atoms with Crippen molar-refractivity contribution < 1.29 is 1.43 Å². The summed E-state index contributed by atoms with van der Waals surface area (Å²) < 4.78 is 0. The van der Waals surface area contributed by atoms with Crippen molar-refractivity contribution in [3.63, 3.8) is 0 Å². The van der Waals surface area contributed by atoms with E-state index in [0.29, 0.717) is 10.8 Å². The molecule has 0 aromatic heterocycles. The zero-order valence-corrected chi connectivity index (χ0v) is 34.7. The van der Waals surface area contributed by atoms with E-state index in [4.69, 9.17) is 12.8 Å². The first-order valence-electron chi connectivity index (χ1n) is 21.8. The minimum Gasteiger partial charge on any atom is -0.106 e. The summed E-state index contributed by atoms with van der Waals surface area (Å²) >= 11 is 0. The maximum Gasteiger partial charge on any atom is 0 e. The Labute approximate surface area is 335 Å². The largest absolute Gasteiger partial charge is 0.106 e. The predicted molar refractivity (Wildman–Crippen MR) is 234 cm³/mol. The minimum atomic E-state index is 0. The number of hydrogen-bond acceptors (Lipinski definition) is 0. The molecule has 10 rings (SSSR count). The Morgan fingerprint density at radius 2 is 0.648 bits per heavy atom. The first-order chi connectivity index (χ1) is 26.1. The Bertz CT molecular complexity index is 1470. The maximum absolute atomic E-state index is 4.86. The van der Waals surface area contributed by atoms with Crippen molar-refractivity contribution in [2.24, 2.45) is 58.2 Å². The fourth-order valence-electron chi connectivity index (χ4n) is 12.2. The van der Waals surface area contributed by atoms with Crippen LogP contribution in [0.3, 0.4) is 0 Å². The molecule has 0 aromatic rings. The van der Waals surface area contributed by atoms with Crippen molar-refractivity contribution in [3.8, 4) is 83.9 Å². The lowest BCUT2D eigenvalue weighted by Crippen LogP contribution is -2.46. The summed E-state index contributed by atoms with van der Waals surface area (Å²) in [4.78, 5) is 0. The topological polar surface area (TPSA) is 0 Å². The fourth-order valence-corrected chi connectivity index (χ4v) is 12.2. The molecule has 0 saturated heterocycles. The SMILES string of the molecule is C#CC#CC#CC#CC#CC#CC#C.C=C(C)C12CC3CC(CC(C3)C1)C2.C=C(C)C12CC3CC(CC(C3)C1)C2.CC1CCCCC1.CC1CCCCC1.[HH]. The summed E-state index contributed by atoms with van der Waals surface area (Å²) in [5.41, 5.74) is 4.20. The molecule has 8 bridgehead atoms. The van der Waals surface area contributed by atoms with E-state index in [-0.39, 0.29) is 1.43 Å². The molecule has 0 heteroatoms. The van der Waals surface area contributed by atoms with Crippen LogP contribution < -0.4 is 0 Å². The van der Waals surface area contributed by atoms with Gasteiger partial charge in [0.25, 0.3) is 0 Å². The van der Waals surface area contributed by atoms with Crippen molar-refractivity contribution in [1.29, 1.82) is 0 Å². The molecule has 10 aliphatic rings. The van der Waals surface area contributed by atoms with E-state index in [9.17, 15) is 0 Å². The summed E-state index contributed by atoms with van der Waals surface area (Å²) in [7, 11) is 0. The van der Waals surface area contributed by atoms with Gasteiger partial charge in [-0.15, -0.1) is 12.8 Å². The van der Waals surface area contributed by atoms with Gasteiger partial charge in [-0.2, -0.15) is 0 Å². The van der Waals surface area contributed by atoms with Crippen LogP contribution in [0.25, 0.3) is 0 Å². The summed E-state index contributed by atoms with van der Waals surface area (Å²) in [5, 5.41) is 0. The van der Waals surface area contributed by atoms with Gasteiger partial charge < -0.3 is 0 Å². The molecule has 0 unspecified atom stereocenters. The molecule has 0 nitrogen and oxygen atoms in total. The van der Waals surface area contributed by atoms with Crippen LogP contribution in [0.5, 0.6) is 0 Å².